The lowest BCUT2D eigenvalue weighted by Crippen LogP contribution is -2.40. The molecule has 2 atom stereocenters. The highest BCUT2D eigenvalue weighted by molar-refractivity contribution is 5.55. The van der Waals surface area contributed by atoms with Gasteiger partial charge >= 0.3 is 0 Å². The van der Waals surface area contributed by atoms with Crippen LogP contribution < -0.4 is 5.73 Å². The number of rotatable bonds is 3. The summed E-state index contributed by atoms with van der Waals surface area (Å²) in [5.41, 5.74) is 6.85. The van der Waals surface area contributed by atoms with Crippen LogP contribution >= 0.6 is 0 Å². The van der Waals surface area contributed by atoms with Crippen molar-refractivity contribution in [2.45, 2.75) is 30.8 Å². The summed E-state index contributed by atoms with van der Waals surface area (Å²) >= 11 is 0. The Balaban J connectivity index is 1.90. The van der Waals surface area contributed by atoms with E-state index in [9.17, 15) is 5.11 Å². The molecule has 19 heavy (non-hydrogen) atoms. The van der Waals surface area contributed by atoms with E-state index in [1.165, 1.54) is 0 Å². The highest BCUT2D eigenvalue weighted by Gasteiger charge is 2.36. The lowest BCUT2D eigenvalue weighted by Gasteiger charge is -2.22. The average molecular weight is 257 g/mol. The summed E-state index contributed by atoms with van der Waals surface area (Å²) in [6.45, 7) is 0.0544. The molecule has 1 heterocycles. The van der Waals surface area contributed by atoms with Crippen LogP contribution in [0.4, 0.5) is 0 Å². The van der Waals surface area contributed by atoms with Gasteiger partial charge in [0.25, 0.3) is 0 Å². The van der Waals surface area contributed by atoms with Gasteiger partial charge in [0, 0.05) is 29.5 Å². The predicted octanol–water partition coefficient (Wildman–Crippen LogP) is 1.96. The fourth-order valence-corrected chi connectivity index (χ4v) is 2.93. The summed E-state index contributed by atoms with van der Waals surface area (Å²) in [6, 6.07) is 10.5. The van der Waals surface area contributed by atoms with E-state index < -0.39 is 5.54 Å². The Morgan fingerprint density at radius 2 is 2.16 bits per heavy atom. The maximum absolute atomic E-state index is 9.38. The number of benzene rings is 1. The predicted molar refractivity (Wildman–Crippen MR) is 74.6 cm³/mol. The van der Waals surface area contributed by atoms with Crippen LogP contribution in [0.1, 0.15) is 25.3 Å². The van der Waals surface area contributed by atoms with E-state index in [1.807, 2.05) is 30.6 Å². The van der Waals surface area contributed by atoms with Crippen LogP contribution in [-0.2, 0) is 0 Å². The number of aliphatic hydroxyl groups is 1. The normalized spacial score (nSPS) is 26.7. The maximum atomic E-state index is 9.38. The van der Waals surface area contributed by atoms with Crippen LogP contribution in [0, 0.1) is 0 Å². The zero-order valence-corrected chi connectivity index (χ0v) is 10.9. The maximum Gasteiger partial charge on any atom is 0.140 e. The first-order valence-corrected chi connectivity index (χ1v) is 6.70. The summed E-state index contributed by atoms with van der Waals surface area (Å²) in [7, 11) is 0. The first-order chi connectivity index (χ1) is 9.22. The molecule has 1 fully saturated rings. The van der Waals surface area contributed by atoms with E-state index >= 15 is 0 Å². The van der Waals surface area contributed by atoms with Gasteiger partial charge in [-0.15, -0.1) is 0 Å². The van der Waals surface area contributed by atoms with Crippen molar-refractivity contribution < 1.29 is 5.11 Å². The zero-order chi connectivity index (χ0) is 13.3. The molecule has 2 unspecified atom stereocenters. The molecule has 4 nitrogen and oxygen atoms in total. The second kappa shape index (κ2) is 4.79. The number of aliphatic hydroxyl groups excluding tert-OH is 1. The lowest BCUT2D eigenvalue weighted by molar-refractivity contribution is 0.196. The van der Waals surface area contributed by atoms with Crippen molar-refractivity contribution in [2.24, 2.45) is 5.73 Å². The van der Waals surface area contributed by atoms with Crippen molar-refractivity contribution >= 4 is 0 Å². The van der Waals surface area contributed by atoms with E-state index in [2.05, 4.69) is 21.7 Å². The second-order valence-corrected chi connectivity index (χ2v) is 5.44. The van der Waals surface area contributed by atoms with Gasteiger partial charge in [0.05, 0.1) is 6.61 Å². The lowest BCUT2D eigenvalue weighted by atomic mass is 10.0. The highest BCUT2D eigenvalue weighted by atomic mass is 16.3. The van der Waals surface area contributed by atoms with Gasteiger partial charge in [-0.2, -0.15) is 0 Å². The molecule has 2 aromatic rings. The Labute approximate surface area is 112 Å². The van der Waals surface area contributed by atoms with Gasteiger partial charge in [-0.1, -0.05) is 30.3 Å². The molecule has 1 aromatic heterocycles. The largest absolute Gasteiger partial charge is 0.394 e. The zero-order valence-electron chi connectivity index (χ0n) is 10.9. The topological polar surface area (TPSA) is 64.1 Å². The molecule has 3 N–H and O–H groups in total. The van der Waals surface area contributed by atoms with Gasteiger partial charge in [0.2, 0.25) is 0 Å². The van der Waals surface area contributed by atoms with Gasteiger partial charge in [-0.05, 0) is 19.3 Å². The molecule has 0 bridgehead atoms. The van der Waals surface area contributed by atoms with Crippen molar-refractivity contribution in [3.05, 3.63) is 42.7 Å². The number of hydrogen-bond acceptors (Lipinski definition) is 3. The molecule has 1 aliphatic carbocycles. The van der Waals surface area contributed by atoms with Crippen LogP contribution in [-0.4, -0.2) is 26.8 Å². The fourth-order valence-electron chi connectivity index (χ4n) is 2.93. The molecule has 0 saturated heterocycles. The Morgan fingerprint density at radius 3 is 2.84 bits per heavy atom. The average Bonchev–Trinajstić information content (AvgIpc) is 3.07. The minimum atomic E-state index is -0.428. The Hall–Kier alpha value is -1.65. The first-order valence-electron chi connectivity index (χ1n) is 6.70. The third-order valence-electron chi connectivity index (χ3n) is 4.03. The molecule has 4 heteroatoms. The van der Waals surface area contributed by atoms with Gasteiger partial charge < -0.3 is 15.4 Å². The Bertz CT molecular complexity index is 552. The van der Waals surface area contributed by atoms with Gasteiger partial charge in [0.1, 0.15) is 5.82 Å². The van der Waals surface area contributed by atoms with Crippen molar-refractivity contribution in [3.8, 4) is 11.4 Å². The van der Waals surface area contributed by atoms with E-state index in [0.29, 0.717) is 6.04 Å². The van der Waals surface area contributed by atoms with Gasteiger partial charge in [0.15, 0.2) is 0 Å². The van der Waals surface area contributed by atoms with Crippen molar-refractivity contribution in [1.29, 1.82) is 0 Å². The van der Waals surface area contributed by atoms with Crippen LogP contribution in [0.25, 0.3) is 11.4 Å². The number of aromatic nitrogens is 2. The number of nitrogens with two attached hydrogens (primary N) is 1. The van der Waals surface area contributed by atoms with Gasteiger partial charge in [-0.25, -0.2) is 4.98 Å². The van der Waals surface area contributed by atoms with E-state index in [0.717, 1.165) is 30.7 Å². The summed E-state index contributed by atoms with van der Waals surface area (Å²) in [6.07, 6.45) is 6.50. The van der Waals surface area contributed by atoms with Crippen molar-refractivity contribution in [2.75, 3.05) is 6.61 Å². The molecule has 100 valence electrons. The number of hydrogen-bond donors (Lipinski definition) is 2. The third-order valence-corrected chi connectivity index (χ3v) is 4.03. The molecule has 1 saturated carbocycles. The quantitative estimate of drug-likeness (QED) is 0.883. The molecule has 1 aliphatic rings. The number of nitrogens with zero attached hydrogens (tertiary/aromatic N) is 2. The molecular weight excluding hydrogens is 238 g/mol. The number of imidazole rings is 1. The highest BCUT2D eigenvalue weighted by Crippen LogP contribution is 2.37. The van der Waals surface area contributed by atoms with Crippen LogP contribution in [0.5, 0.6) is 0 Å². The second-order valence-electron chi connectivity index (χ2n) is 5.44. The molecule has 0 radical (unpaired) electrons. The molecular formula is C15H19N3O. The minimum Gasteiger partial charge on any atom is -0.394 e. The molecule has 1 aromatic carbocycles. The Morgan fingerprint density at radius 1 is 1.37 bits per heavy atom. The molecule has 0 amide bonds. The van der Waals surface area contributed by atoms with Crippen molar-refractivity contribution in [3.63, 3.8) is 0 Å². The summed E-state index contributed by atoms with van der Waals surface area (Å²) in [5.74, 6) is 0.979. The third kappa shape index (κ3) is 2.29. The van der Waals surface area contributed by atoms with Crippen LogP contribution in [0.2, 0.25) is 0 Å². The van der Waals surface area contributed by atoms with E-state index in [1.54, 1.807) is 0 Å². The smallest absolute Gasteiger partial charge is 0.140 e. The summed E-state index contributed by atoms with van der Waals surface area (Å²) in [4.78, 5) is 4.46. The summed E-state index contributed by atoms with van der Waals surface area (Å²) < 4.78 is 2.19. The van der Waals surface area contributed by atoms with Gasteiger partial charge in [-0.3, -0.25) is 0 Å². The van der Waals surface area contributed by atoms with Crippen LogP contribution in [0.3, 0.4) is 0 Å². The monoisotopic (exact) mass is 257 g/mol. The first kappa shape index (κ1) is 12.4. The van der Waals surface area contributed by atoms with E-state index in [4.69, 9.17) is 5.73 Å². The van der Waals surface area contributed by atoms with Crippen LogP contribution in [0.15, 0.2) is 42.7 Å². The SMILES string of the molecule is NC1(CO)CCC(n2ccnc2-c2ccccc2)C1. The fraction of sp³-hybridized carbons (Fsp3) is 0.400. The standard InChI is InChI=1S/C15H19N3O/c16-15(11-19)7-6-13(10-15)18-9-8-17-14(18)12-4-2-1-3-5-12/h1-5,8-9,13,19H,6-7,10-11,16H2. The Kier molecular flexibility index (Phi) is 3.12. The molecule has 0 aliphatic heterocycles. The van der Waals surface area contributed by atoms with E-state index in [-0.39, 0.29) is 6.61 Å². The molecule has 0 spiro atoms. The summed E-state index contributed by atoms with van der Waals surface area (Å²) in [5, 5.41) is 9.38. The van der Waals surface area contributed by atoms with Crippen molar-refractivity contribution in [1.82, 2.24) is 9.55 Å². The minimum absolute atomic E-state index is 0.0544. The molecule has 3 rings (SSSR count).